The van der Waals surface area contributed by atoms with E-state index in [0.717, 1.165) is 23.7 Å². The van der Waals surface area contributed by atoms with Crippen LogP contribution >= 0.6 is 0 Å². The molecule has 1 aromatic carbocycles. The van der Waals surface area contributed by atoms with Crippen LogP contribution in [0, 0.1) is 12.8 Å². The van der Waals surface area contributed by atoms with Gasteiger partial charge in [0.05, 0.1) is 0 Å². The number of rotatable bonds is 3. The fraction of sp³-hybridized carbons (Fsp3) is 0.571. The van der Waals surface area contributed by atoms with E-state index in [1.54, 1.807) is 0 Å². The molecule has 0 radical (unpaired) electrons. The number of anilines is 2. The van der Waals surface area contributed by atoms with Crippen molar-refractivity contribution in [2.45, 2.75) is 19.8 Å². The molecule has 0 aromatic heterocycles. The van der Waals surface area contributed by atoms with Gasteiger partial charge in [0.1, 0.15) is 0 Å². The summed E-state index contributed by atoms with van der Waals surface area (Å²) < 4.78 is 0. The lowest BCUT2D eigenvalue weighted by molar-refractivity contribution is 0.217. The third-order valence-electron chi connectivity index (χ3n) is 3.68. The highest BCUT2D eigenvalue weighted by Crippen LogP contribution is 2.22. The summed E-state index contributed by atoms with van der Waals surface area (Å²) in [4.78, 5) is 2.42. The van der Waals surface area contributed by atoms with Crippen molar-refractivity contribution in [3.63, 3.8) is 0 Å². The quantitative estimate of drug-likeness (QED) is 0.787. The summed E-state index contributed by atoms with van der Waals surface area (Å²) in [6, 6.07) is 6.07. The van der Waals surface area contributed by atoms with Gasteiger partial charge in [0, 0.05) is 24.5 Å². The highest BCUT2D eigenvalue weighted by molar-refractivity contribution is 5.62. The molecule has 0 bridgehead atoms. The third kappa shape index (κ3) is 3.13. The zero-order valence-electron chi connectivity index (χ0n) is 10.9. The summed E-state index contributed by atoms with van der Waals surface area (Å²) in [6.45, 7) is 5.57. The normalized spacial score (nSPS) is 21.4. The second kappa shape index (κ2) is 5.41. The molecule has 1 saturated heterocycles. The number of benzene rings is 1. The molecule has 17 heavy (non-hydrogen) atoms. The van der Waals surface area contributed by atoms with E-state index in [0.29, 0.717) is 0 Å². The SMILES string of the molecule is Cc1c(N)cccc1NCC1CCCN(C)C1. The van der Waals surface area contributed by atoms with Crippen LogP contribution in [0.1, 0.15) is 18.4 Å². The van der Waals surface area contributed by atoms with E-state index >= 15 is 0 Å². The van der Waals surface area contributed by atoms with E-state index in [9.17, 15) is 0 Å². The number of hydrogen-bond donors (Lipinski definition) is 2. The Bertz CT molecular complexity index is 376. The Morgan fingerprint density at radius 2 is 2.29 bits per heavy atom. The van der Waals surface area contributed by atoms with E-state index in [4.69, 9.17) is 5.73 Å². The number of likely N-dealkylation sites (tertiary alicyclic amines) is 1. The van der Waals surface area contributed by atoms with E-state index in [1.165, 1.54) is 31.6 Å². The third-order valence-corrected chi connectivity index (χ3v) is 3.68. The average molecular weight is 233 g/mol. The van der Waals surface area contributed by atoms with Gasteiger partial charge in [-0.1, -0.05) is 6.07 Å². The van der Waals surface area contributed by atoms with E-state index < -0.39 is 0 Å². The van der Waals surface area contributed by atoms with Gasteiger partial charge < -0.3 is 16.0 Å². The first kappa shape index (κ1) is 12.2. The van der Waals surface area contributed by atoms with Gasteiger partial charge in [-0.25, -0.2) is 0 Å². The summed E-state index contributed by atoms with van der Waals surface area (Å²) in [5, 5.41) is 3.54. The molecular weight excluding hydrogens is 210 g/mol. The molecule has 0 aliphatic carbocycles. The maximum absolute atomic E-state index is 5.90. The van der Waals surface area contributed by atoms with Crippen molar-refractivity contribution in [2.75, 3.05) is 37.7 Å². The topological polar surface area (TPSA) is 41.3 Å². The van der Waals surface area contributed by atoms with Gasteiger partial charge in [-0.3, -0.25) is 0 Å². The summed E-state index contributed by atoms with van der Waals surface area (Å²) in [5.74, 6) is 0.759. The van der Waals surface area contributed by atoms with Crippen LogP contribution in [0.2, 0.25) is 0 Å². The largest absolute Gasteiger partial charge is 0.398 e. The first-order valence-electron chi connectivity index (χ1n) is 6.44. The monoisotopic (exact) mass is 233 g/mol. The van der Waals surface area contributed by atoms with Crippen LogP contribution in [-0.4, -0.2) is 31.6 Å². The Morgan fingerprint density at radius 1 is 1.47 bits per heavy atom. The molecule has 1 heterocycles. The molecule has 1 unspecified atom stereocenters. The standard InChI is InChI=1S/C14H23N3/c1-11-13(15)6-3-7-14(11)16-9-12-5-4-8-17(2)10-12/h3,6-7,12,16H,4-5,8-10,15H2,1-2H3. The number of nitrogen functional groups attached to an aromatic ring is 1. The van der Waals surface area contributed by atoms with E-state index in [2.05, 4.69) is 30.3 Å². The van der Waals surface area contributed by atoms with Gasteiger partial charge in [0.15, 0.2) is 0 Å². The maximum Gasteiger partial charge on any atom is 0.0390 e. The molecule has 3 heteroatoms. The Balaban J connectivity index is 1.91. The van der Waals surface area contributed by atoms with Gasteiger partial charge in [0.2, 0.25) is 0 Å². The fourth-order valence-electron chi connectivity index (χ4n) is 2.54. The lowest BCUT2D eigenvalue weighted by Crippen LogP contribution is -2.35. The van der Waals surface area contributed by atoms with Gasteiger partial charge in [-0.05, 0) is 57.0 Å². The van der Waals surface area contributed by atoms with Crippen LogP contribution in [0.15, 0.2) is 18.2 Å². The Morgan fingerprint density at radius 3 is 3.06 bits per heavy atom. The number of piperidine rings is 1. The van der Waals surface area contributed by atoms with Crippen LogP contribution in [0.3, 0.4) is 0 Å². The minimum absolute atomic E-state index is 0.759. The second-order valence-corrected chi connectivity index (χ2v) is 5.17. The number of nitrogens with one attached hydrogen (secondary N) is 1. The molecule has 0 amide bonds. The van der Waals surface area contributed by atoms with Crippen LogP contribution in [-0.2, 0) is 0 Å². The zero-order valence-corrected chi connectivity index (χ0v) is 10.9. The summed E-state index contributed by atoms with van der Waals surface area (Å²) in [6.07, 6.45) is 2.65. The Kier molecular flexibility index (Phi) is 3.89. The number of nitrogens with two attached hydrogens (primary N) is 1. The van der Waals surface area contributed by atoms with Crippen LogP contribution in [0.25, 0.3) is 0 Å². The predicted octanol–water partition coefficient (Wildman–Crippen LogP) is 2.33. The number of nitrogens with zero attached hydrogens (tertiary/aromatic N) is 1. The molecule has 3 N–H and O–H groups in total. The van der Waals surface area contributed by atoms with Crippen molar-refractivity contribution >= 4 is 11.4 Å². The van der Waals surface area contributed by atoms with Gasteiger partial charge >= 0.3 is 0 Å². The smallest absolute Gasteiger partial charge is 0.0390 e. The Hall–Kier alpha value is -1.22. The van der Waals surface area contributed by atoms with Crippen LogP contribution in [0.5, 0.6) is 0 Å². The summed E-state index contributed by atoms with van der Waals surface area (Å²) >= 11 is 0. The summed E-state index contributed by atoms with van der Waals surface area (Å²) in [5.41, 5.74) is 9.12. The maximum atomic E-state index is 5.90. The lowest BCUT2D eigenvalue weighted by atomic mass is 9.98. The molecule has 94 valence electrons. The summed E-state index contributed by atoms with van der Waals surface area (Å²) in [7, 11) is 2.21. The molecule has 1 aromatic rings. The molecule has 0 spiro atoms. The van der Waals surface area contributed by atoms with Gasteiger partial charge in [-0.2, -0.15) is 0 Å². The Labute approximate surface area is 104 Å². The number of hydrogen-bond acceptors (Lipinski definition) is 3. The van der Waals surface area contributed by atoms with Crippen molar-refractivity contribution in [3.05, 3.63) is 23.8 Å². The van der Waals surface area contributed by atoms with Gasteiger partial charge in [-0.15, -0.1) is 0 Å². The first-order valence-corrected chi connectivity index (χ1v) is 6.44. The minimum atomic E-state index is 0.759. The molecule has 2 rings (SSSR count). The van der Waals surface area contributed by atoms with E-state index in [-0.39, 0.29) is 0 Å². The van der Waals surface area contributed by atoms with Crippen molar-refractivity contribution < 1.29 is 0 Å². The van der Waals surface area contributed by atoms with Gasteiger partial charge in [0.25, 0.3) is 0 Å². The van der Waals surface area contributed by atoms with Crippen molar-refractivity contribution in [1.29, 1.82) is 0 Å². The molecule has 1 aliphatic rings. The van der Waals surface area contributed by atoms with Crippen molar-refractivity contribution in [3.8, 4) is 0 Å². The fourth-order valence-corrected chi connectivity index (χ4v) is 2.54. The van der Waals surface area contributed by atoms with Crippen LogP contribution < -0.4 is 11.1 Å². The molecular formula is C14H23N3. The first-order chi connectivity index (χ1) is 8.16. The molecule has 0 saturated carbocycles. The molecule has 1 atom stereocenters. The van der Waals surface area contributed by atoms with Crippen molar-refractivity contribution in [1.82, 2.24) is 4.90 Å². The average Bonchev–Trinajstić information content (AvgIpc) is 2.31. The van der Waals surface area contributed by atoms with Crippen molar-refractivity contribution in [2.24, 2.45) is 5.92 Å². The molecule has 3 nitrogen and oxygen atoms in total. The zero-order chi connectivity index (χ0) is 12.3. The molecule has 1 fully saturated rings. The minimum Gasteiger partial charge on any atom is -0.398 e. The predicted molar refractivity (Wildman–Crippen MR) is 74.3 cm³/mol. The second-order valence-electron chi connectivity index (χ2n) is 5.17. The highest BCUT2D eigenvalue weighted by atomic mass is 15.1. The van der Waals surface area contributed by atoms with E-state index in [1.807, 2.05) is 12.1 Å². The molecule has 1 aliphatic heterocycles. The highest BCUT2D eigenvalue weighted by Gasteiger charge is 2.16. The lowest BCUT2D eigenvalue weighted by Gasteiger charge is -2.30. The van der Waals surface area contributed by atoms with Crippen LogP contribution in [0.4, 0.5) is 11.4 Å².